The van der Waals surface area contributed by atoms with Crippen molar-refractivity contribution in [1.82, 2.24) is 0 Å². The zero-order valence-electron chi connectivity index (χ0n) is 10.9. The lowest BCUT2D eigenvalue weighted by atomic mass is 9.78. The molecule has 19 heavy (non-hydrogen) atoms. The summed E-state index contributed by atoms with van der Waals surface area (Å²) in [5.74, 6) is -2.11. The highest BCUT2D eigenvalue weighted by atomic mass is 19.1. The van der Waals surface area contributed by atoms with Crippen molar-refractivity contribution < 1.29 is 18.3 Å². The lowest BCUT2D eigenvalue weighted by Crippen LogP contribution is -2.34. The summed E-state index contributed by atoms with van der Waals surface area (Å²) in [4.78, 5) is 12.0. The van der Waals surface area contributed by atoms with Crippen LogP contribution in [0.15, 0.2) is 18.2 Å². The predicted molar refractivity (Wildman–Crippen MR) is 65.2 cm³/mol. The molecule has 1 atom stereocenters. The number of halogens is 2. The normalized spacial score (nSPS) is 13.4. The van der Waals surface area contributed by atoms with Crippen molar-refractivity contribution in [3.8, 4) is 6.07 Å². The van der Waals surface area contributed by atoms with E-state index in [4.69, 9.17) is 10.00 Å². The maximum atomic E-state index is 13.3. The quantitative estimate of drug-likeness (QED) is 0.770. The Bertz CT molecular complexity index is 490. The van der Waals surface area contributed by atoms with Crippen LogP contribution in [0.2, 0.25) is 0 Å². The number of hydrogen-bond donors (Lipinski definition) is 0. The zero-order valence-corrected chi connectivity index (χ0v) is 10.9. The highest BCUT2D eigenvalue weighted by Gasteiger charge is 2.37. The molecule has 1 unspecified atom stereocenters. The Morgan fingerprint density at radius 3 is 2.42 bits per heavy atom. The van der Waals surface area contributed by atoms with E-state index in [0.29, 0.717) is 0 Å². The van der Waals surface area contributed by atoms with E-state index in [1.54, 1.807) is 6.92 Å². The van der Waals surface area contributed by atoms with E-state index in [-0.39, 0.29) is 25.0 Å². The number of benzene rings is 1. The second kappa shape index (κ2) is 6.28. The molecule has 0 saturated heterocycles. The Balaban J connectivity index is 3.22. The van der Waals surface area contributed by atoms with E-state index in [1.807, 2.05) is 6.07 Å². The van der Waals surface area contributed by atoms with Gasteiger partial charge in [0.25, 0.3) is 0 Å². The number of hydrogen-bond acceptors (Lipinski definition) is 3. The van der Waals surface area contributed by atoms with Crippen molar-refractivity contribution >= 4 is 5.97 Å². The van der Waals surface area contributed by atoms with Gasteiger partial charge in [-0.05, 0) is 38.0 Å². The van der Waals surface area contributed by atoms with Crippen molar-refractivity contribution in [2.45, 2.75) is 32.1 Å². The molecule has 0 spiro atoms. The van der Waals surface area contributed by atoms with E-state index in [1.165, 1.54) is 6.92 Å². The summed E-state index contributed by atoms with van der Waals surface area (Å²) in [6, 6.07) is 4.85. The topological polar surface area (TPSA) is 50.1 Å². The molecule has 0 bridgehead atoms. The molecule has 0 fully saturated rings. The Hall–Kier alpha value is -1.96. The van der Waals surface area contributed by atoms with Gasteiger partial charge in [-0.15, -0.1) is 0 Å². The van der Waals surface area contributed by atoms with Crippen molar-refractivity contribution in [1.29, 1.82) is 5.26 Å². The highest BCUT2D eigenvalue weighted by molar-refractivity contribution is 5.82. The molecule has 0 heterocycles. The van der Waals surface area contributed by atoms with Crippen LogP contribution in [0, 0.1) is 23.0 Å². The molecule has 1 aromatic rings. The minimum absolute atomic E-state index is 0.0907. The number of rotatable bonds is 5. The second-order valence-electron chi connectivity index (χ2n) is 4.37. The smallest absolute Gasteiger partial charge is 0.316 e. The van der Waals surface area contributed by atoms with Crippen LogP contribution in [0.5, 0.6) is 0 Å². The van der Waals surface area contributed by atoms with Crippen LogP contribution < -0.4 is 0 Å². The first-order valence-electron chi connectivity index (χ1n) is 5.94. The van der Waals surface area contributed by atoms with E-state index >= 15 is 0 Å². The fourth-order valence-electron chi connectivity index (χ4n) is 1.83. The van der Waals surface area contributed by atoms with Gasteiger partial charge in [-0.2, -0.15) is 5.26 Å². The fourth-order valence-corrected chi connectivity index (χ4v) is 1.83. The van der Waals surface area contributed by atoms with Gasteiger partial charge in [0.2, 0.25) is 0 Å². The van der Waals surface area contributed by atoms with Crippen LogP contribution in [0.1, 0.15) is 32.3 Å². The number of esters is 1. The molecular formula is C14H15F2NO2. The summed E-state index contributed by atoms with van der Waals surface area (Å²) in [6.45, 7) is 3.34. The third-order valence-electron chi connectivity index (χ3n) is 2.96. The standard InChI is InChI=1S/C14H15F2NO2/c1-3-19-13(18)14(2,5-4-6-17)10-7-11(15)9-12(16)8-10/h7-9H,3-5H2,1-2H3. The van der Waals surface area contributed by atoms with Crippen LogP contribution >= 0.6 is 0 Å². The van der Waals surface area contributed by atoms with Crippen molar-refractivity contribution in [3.05, 3.63) is 35.4 Å². The molecule has 0 aromatic heterocycles. The minimum atomic E-state index is -1.23. The van der Waals surface area contributed by atoms with E-state index < -0.39 is 23.0 Å². The molecule has 0 aliphatic heterocycles. The Labute approximate surface area is 110 Å². The SMILES string of the molecule is CCOC(=O)C(C)(CCC#N)c1cc(F)cc(F)c1. The van der Waals surface area contributed by atoms with Crippen LogP contribution in [-0.4, -0.2) is 12.6 Å². The molecule has 0 saturated carbocycles. The minimum Gasteiger partial charge on any atom is -0.465 e. The maximum Gasteiger partial charge on any atom is 0.316 e. The number of carbonyl (C=O) groups is 1. The molecule has 5 heteroatoms. The molecule has 0 amide bonds. The van der Waals surface area contributed by atoms with E-state index in [9.17, 15) is 13.6 Å². The first-order chi connectivity index (χ1) is 8.93. The first-order valence-corrected chi connectivity index (χ1v) is 5.94. The summed E-state index contributed by atoms with van der Waals surface area (Å²) in [7, 11) is 0. The van der Waals surface area contributed by atoms with Crippen molar-refractivity contribution in [2.75, 3.05) is 6.61 Å². The Morgan fingerprint density at radius 2 is 1.95 bits per heavy atom. The fraction of sp³-hybridized carbons (Fsp3) is 0.429. The molecule has 0 radical (unpaired) electrons. The zero-order chi connectivity index (χ0) is 14.5. The van der Waals surface area contributed by atoms with Crippen LogP contribution in [-0.2, 0) is 14.9 Å². The Kier molecular flexibility index (Phi) is 4.99. The van der Waals surface area contributed by atoms with Crippen molar-refractivity contribution in [2.24, 2.45) is 0 Å². The molecule has 0 N–H and O–H groups in total. The molecule has 0 aliphatic rings. The average molecular weight is 267 g/mol. The summed E-state index contributed by atoms with van der Waals surface area (Å²) in [5, 5.41) is 8.65. The summed E-state index contributed by atoms with van der Waals surface area (Å²) in [5.41, 5.74) is -1.05. The van der Waals surface area contributed by atoms with Gasteiger partial charge >= 0.3 is 5.97 Å². The summed E-state index contributed by atoms with van der Waals surface area (Å²) in [6.07, 6.45) is 0.235. The predicted octanol–water partition coefficient (Wildman–Crippen LogP) is 3.09. The van der Waals surface area contributed by atoms with Gasteiger partial charge in [-0.3, -0.25) is 4.79 Å². The lowest BCUT2D eigenvalue weighted by molar-refractivity contribution is -0.149. The summed E-state index contributed by atoms with van der Waals surface area (Å²) >= 11 is 0. The van der Waals surface area contributed by atoms with Gasteiger partial charge in [-0.1, -0.05) is 0 Å². The molecule has 3 nitrogen and oxygen atoms in total. The third-order valence-corrected chi connectivity index (χ3v) is 2.96. The molecule has 102 valence electrons. The Morgan fingerprint density at radius 1 is 1.37 bits per heavy atom. The van der Waals surface area contributed by atoms with Gasteiger partial charge in [0.1, 0.15) is 11.6 Å². The second-order valence-corrected chi connectivity index (χ2v) is 4.37. The molecule has 0 aliphatic carbocycles. The molecule has 1 rings (SSSR count). The highest BCUT2D eigenvalue weighted by Crippen LogP contribution is 2.31. The third kappa shape index (κ3) is 3.50. The number of ether oxygens (including phenoxy) is 1. The van der Waals surface area contributed by atoms with Crippen LogP contribution in [0.3, 0.4) is 0 Å². The van der Waals surface area contributed by atoms with Gasteiger partial charge in [-0.25, -0.2) is 8.78 Å². The van der Waals surface area contributed by atoms with Gasteiger partial charge in [0, 0.05) is 12.5 Å². The monoisotopic (exact) mass is 267 g/mol. The van der Waals surface area contributed by atoms with Gasteiger partial charge in [0.05, 0.1) is 18.1 Å². The van der Waals surface area contributed by atoms with Crippen LogP contribution in [0.4, 0.5) is 8.78 Å². The van der Waals surface area contributed by atoms with Crippen molar-refractivity contribution in [3.63, 3.8) is 0 Å². The first kappa shape index (κ1) is 15.1. The number of nitrogens with zero attached hydrogens (tertiary/aromatic N) is 1. The molecular weight excluding hydrogens is 252 g/mol. The van der Waals surface area contributed by atoms with Crippen LogP contribution in [0.25, 0.3) is 0 Å². The maximum absolute atomic E-state index is 13.3. The molecule has 1 aromatic carbocycles. The van der Waals surface area contributed by atoms with E-state index in [2.05, 4.69) is 0 Å². The number of carbonyl (C=O) groups excluding carboxylic acids is 1. The van der Waals surface area contributed by atoms with E-state index in [0.717, 1.165) is 18.2 Å². The van der Waals surface area contributed by atoms with Gasteiger partial charge in [0.15, 0.2) is 0 Å². The number of nitriles is 1. The lowest BCUT2D eigenvalue weighted by Gasteiger charge is -2.27. The average Bonchev–Trinajstić information content (AvgIpc) is 2.35. The summed E-state index contributed by atoms with van der Waals surface area (Å²) < 4.78 is 31.5. The largest absolute Gasteiger partial charge is 0.465 e. The van der Waals surface area contributed by atoms with Gasteiger partial charge < -0.3 is 4.74 Å².